The van der Waals surface area contributed by atoms with Crippen LogP contribution in [0.3, 0.4) is 0 Å². The van der Waals surface area contributed by atoms with E-state index in [0.717, 1.165) is 11.3 Å². The predicted molar refractivity (Wildman–Crippen MR) is 87.4 cm³/mol. The number of carbonyl (C=O) groups is 2. The van der Waals surface area contributed by atoms with E-state index in [0.29, 0.717) is 19.5 Å². The molecule has 1 aliphatic rings. The van der Waals surface area contributed by atoms with Gasteiger partial charge in [-0.15, -0.1) is 0 Å². The fraction of sp³-hybridized carbons (Fsp3) is 0.556. The van der Waals surface area contributed by atoms with Crippen molar-refractivity contribution in [2.45, 2.75) is 39.7 Å². The summed E-state index contributed by atoms with van der Waals surface area (Å²) in [7, 11) is 0. The van der Waals surface area contributed by atoms with Crippen LogP contribution in [0.2, 0.25) is 0 Å². The highest BCUT2D eigenvalue weighted by Crippen LogP contribution is 2.23. The van der Waals surface area contributed by atoms with Gasteiger partial charge >= 0.3 is 5.97 Å². The van der Waals surface area contributed by atoms with Gasteiger partial charge < -0.3 is 14.7 Å². The maximum atomic E-state index is 12.5. The molecule has 0 aromatic heterocycles. The van der Waals surface area contributed by atoms with Crippen LogP contribution in [0.25, 0.3) is 0 Å². The van der Waals surface area contributed by atoms with Gasteiger partial charge in [0.25, 0.3) is 0 Å². The summed E-state index contributed by atoms with van der Waals surface area (Å²) in [5, 5.41) is 9.21. The molecule has 0 bridgehead atoms. The summed E-state index contributed by atoms with van der Waals surface area (Å²) in [5.41, 5.74) is 0.887. The summed E-state index contributed by atoms with van der Waals surface area (Å²) < 4.78 is 5.64. The monoisotopic (exact) mass is 319 g/mol. The Kier molecular flexibility index (Phi) is 5.64. The number of piperidine rings is 1. The van der Waals surface area contributed by atoms with Crippen molar-refractivity contribution in [3.63, 3.8) is 0 Å². The van der Waals surface area contributed by atoms with E-state index >= 15 is 0 Å². The molecular formula is C18H25NO4. The Morgan fingerprint density at radius 2 is 2.09 bits per heavy atom. The Bertz CT molecular complexity index is 570. The summed E-state index contributed by atoms with van der Waals surface area (Å²) in [6, 6.07) is 7.52. The van der Waals surface area contributed by atoms with Crippen molar-refractivity contribution in [2.24, 2.45) is 11.8 Å². The van der Waals surface area contributed by atoms with Crippen LogP contribution in [0.4, 0.5) is 0 Å². The molecule has 2 unspecified atom stereocenters. The van der Waals surface area contributed by atoms with E-state index in [1.807, 2.05) is 45.0 Å². The number of hydrogen-bond donors (Lipinski definition) is 1. The van der Waals surface area contributed by atoms with Gasteiger partial charge in [-0.1, -0.05) is 19.1 Å². The first-order valence-corrected chi connectivity index (χ1v) is 8.11. The zero-order chi connectivity index (χ0) is 17.0. The number of amides is 1. The highest BCUT2D eigenvalue weighted by Gasteiger charge is 2.31. The molecule has 2 atom stereocenters. The van der Waals surface area contributed by atoms with Crippen LogP contribution in [0.5, 0.6) is 5.75 Å². The maximum Gasteiger partial charge on any atom is 0.308 e. The number of carbonyl (C=O) groups excluding carboxylic acids is 1. The molecule has 1 fully saturated rings. The number of carboxylic acids is 1. The first-order valence-electron chi connectivity index (χ1n) is 8.11. The maximum absolute atomic E-state index is 12.5. The summed E-state index contributed by atoms with van der Waals surface area (Å²) >= 11 is 0. The van der Waals surface area contributed by atoms with Gasteiger partial charge in [0.15, 0.2) is 0 Å². The minimum atomic E-state index is -0.818. The van der Waals surface area contributed by atoms with Crippen molar-refractivity contribution >= 4 is 11.9 Å². The minimum absolute atomic E-state index is 0.0236. The number of carboxylic acid groups (broad SMARTS) is 1. The van der Waals surface area contributed by atoms with Crippen LogP contribution >= 0.6 is 0 Å². The predicted octanol–water partition coefficient (Wildman–Crippen LogP) is 2.59. The van der Waals surface area contributed by atoms with E-state index in [1.165, 1.54) is 0 Å². The van der Waals surface area contributed by atoms with Crippen LogP contribution in [0.1, 0.15) is 32.8 Å². The molecule has 0 aliphatic carbocycles. The molecule has 1 aromatic rings. The molecule has 0 saturated carbocycles. The highest BCUT2D eigenvalue weighted by atomic mass is 16.5. The molecule has 1 aromatic carbocycles. The Morgan fingerprint density at radius 1 is 1.35 bits per heavy atom. The number of hydrogen-bond acceptors (Lipinski definition) is 3. The lowest BCUT2D eigenvalue weighted by molar-refractivity contribution is -0.146. The van der Waals surface area contributed by atoms with Crippen molar-refractivity contribution in [2.75, 3.05) is 13.1 Å². The Hall–Kier alpha value is -2.04. The number of likely N-dealkylation sites (tertiary alicyclic amines) is 1. The van der Waals surface area contributed by atoms with Crippen LogP contribution < -0.4 is 4.74 Å². The molecule has 5 heteroatoms. The lowest BCUT2D eigenvalue weighted by Gasteiger charge is -2.34. The molecule has 1 saturated heterocycles. The highest BCUT2D eigenvalue weighted by molar-refractivity contribution is 5.80. The molecule has 126 valence electrons. The van der Waals surface area contributed by atoms with Crippen LogP contribution in [-0.4, -0.2) is 41.1 Å². The Balaban J connectivity index is 2.02. The van der Waals surface area contributed by atoms with Crippen molar-refractivity contribution in [1.29, 1.82) is 0 Å². The van der Waals surface area contributed by atoms with E-state index < -0.39 is 11.9 Å². The van der Waals surface area contributed by atoms with Crippen molar-refractivity contribution in [3.05, 3.63) is 29.8 Å². The average molecular weight is 319 g/mol. The number of benzene rings is 1. The summed E-state index contributed by atoms with van der Waals surface area (Å²) in [5.74, 6) is -0.338. The van der Waals surface area contributed by atoms with Crippen LogP contribution in [0, 0.1) is 11.8 Å². The fourth-order valence-electron chi connectivity index (χ4n) is 3.02. The summed E-state index contributed by atoms with van der Waals surface area (Å²) in [6.07, 6.45) is 0.991. The molecule has 1 aliphatic heterocycles. The number of nitrogens with zero attached hydrogens (tertiary/aromatic N) is 1. The van der Waals surface area contributed by atoms with Gasteiger partial charge in [-0.2, -0.15) is 0 Å². The molecule has 1 N–H and O–H groups in total. The van der Waals surface area contributed by atoms with E-state index in [1.54, 1.807) is 4.90 Å². The zero-order valence-electron chi connectivity index (χ0n) is 14.0. The third kappa shape index (κ3) is 4.98. The number of aliphatic carboxylic acids is 1. The first-order chi connectivity index (χ1) is 10.8. The number of ether oxygens (including phenoxy) is 1. The molecule has 0 radical (unpaired) electrons. The van der Waals surface area contributed by atoms with Crippen LogP contribution in [0.15, 0.2) is 24.3 Å². The van der Waals surface area contributed by atoms with Crippen molar-refractivity contribution in [1.82, 2.24) is 4.90 Å². The van der Waals surface area contributed by atoms with Crippen LogP contribution in [-0.2, 0) is 16.0 Å². The van der Waals surface area contributed by atoms with E-state index in [-0.39, 0.29) is 24.3 Å². The number of rotatable bonds is 5. The van der Waals surface area contributed by atoms with E-state index in [9.17, 15) is 14.7 Å². The van der Waals surface area contributed by atoms with Gasteiger partial charge in [-0.25, -0.2) is 0 Å². The minimum Gasteiger partial charge on any atom is -0.491 e. The van der Waals surface area contributed by atoms with Crippen molar-refractivity contribution in [3.8, 4) is 5.75 Å². The second-order valence-corrected chi connectivity index (χ2v) is 6.67. The second-order valence-electron chi connectivity index (χ2n) is 6.67. The third-order valence-corrected chi connectivity index (χ3v) is 3.99. The molecular weight excluding hydrogens is 294 g/mol. The topological polar surface area (TPSA) is 66.8 Å². The quantitative estimate of drug-likeness (QED) is 0.906. The average Bonchev–Trinajstić information content (AvgIpc) is 2.46. The van der Waals surface area contributed by atoms with Gasteiger partial charge in [0.2, 0.25) is 5.91 Å². The Labute approximate surface area is 137 Å². The van der Waals surface area contributed by atoms with Gasteiger partial charge in [-0.05, 0) is 43.9 Å². The summed E-state index contributed by atoms with van der Waals surface area (Å²) in [6.45, 7) is 6.84. The van der Waals surface area contributed by atoms with Gasteiger partial charge in [-0.3, -0.25) is 9.59 Å². The Morgan fingerprint density at radius 3 is 2.74 bits per heavy atom. The van der Waals surface area contributed by atoms with E-state index in [2.05, 4.69) is 0 Å². The van der Waals surface area contributed by atoms with Gasteiger partial charge in [0, 0.05) is 13.1 Å². The standard InChI is InChI=1S/C18H25NO4/c1-12(2)23-16-6-4-5-14(8-16)9-17(20)19-10-13(3)7-15(11-19)18(21)22/h4-6,8,12-13,15H,7,9-11H2,1-3H3,(H,21,22). The summed E-state index contributed by atoms with van der Waals surface area (Å²) in [4.78, 5) is 25.4. The van der Waals surface area contributed by atoms with Gasteiger partial charge in [0.1, 0.15) is 5.75 Å². The lowest BCUT2D eigenvalue weighted by atomic mass is 9.90. The molecule has 0 spiro atoms. The zero-order valence-corrected chi connectivity index (χ0v) is 14.0. The third-order valence-electron chi connectivity index (χ3n) is 3.99. The molecule has 23 heavy (non-hydrogen) atoms. The largest absolute Gasteiger partial charge is 0.491 e. The van der Waals surface area contributed by atoms with Gasteiger partial charge in [0.05, 0.1) is 18.4 Å². The second kappa shape index (κ2) is 7.49. The normalized spacial score (nSPS) is 21.3. The van der Waals surface area contributed by atoms with E-state index in [4.69, 9.17) is 4.74 Å². The first kappa shape index (κ1) is 17.3. The molecule has 1 heterocycles. The fourth-order valence-corrected chi connectivity index (χ4v) is 3.02. The molecule has 1 amide bonds. The lowest BCUT2D eigenvalue weighted by Crippen LogP contribution is -2.46. The van der Waals surface area contributed by atoms with Crippen molar-refractivity contribution < 1.29 is 19.4 Å². The molecule has 5 nitrogen and oxygen atoms in total. The smallest absolute Gasteiger partial charge is 0.308 e. The molecule has 2 rings (SSSR count). The SMILES string of the molecule is CC1CC(C(=O)O)CN(C(=O)Cc2cccc(OC(C)C)c2)C1.